The van der Waals surface area contributed by atoms with Gasteiger partial charge in [-0.05, 0) is 44.4 Å². The Morgan fingerprint density at radius 3 is 3.00 bits per heavy atom. The highest BCUT2D eigenvalue weighted by molar-refractivity contribution is 8.00. The number of thioether (sulfide) groups is 1. The average Bonchev–Trinajstić information content (AvgIpc) is 2.49. The van der Waals surface area contributed by atoms with Gasteiger partial charge < -0.3 is 10.2 Å². The Kier molecular flexibility index (Phi) is 7.06. The van der Waals surface area contributed by atoms with Crippen LogP contribution in [0.25, 0.3) is 0 Å². The number of carbonyl (C=O) groups excluding carboxylic acids is 1. The maximum Gasteiger partial charge on any atom is 0.233 e. The van der Waals surface area contributed by atoms with Crippen LogP contribution in [0.3, 0.4) is 0 Å². The first-order valence-corrected chi connectivity index (χ1v) is 9.23. The summed E-state index contributed by atoms with van der Waals surface area (Å²) < 4.78 is 0. The van der Waals surface area contributed by atoms with E-state index in [1.165, 1.54) is 24.6 Å². The Labute approximate surface area is 142 Å². The maximum absolute atomic E-state index is 12.2. The van der Waals surface area contributed by atoms with Gasteiger partial charge in [0.05, 0.1) is 10.3 Å². The summed E-state index contributed by atoms with van der Waals surface area (Å²) in [5.41, 5.74) is 0. The lowest BCUT2D eigenvalue weighted by molar-refractivity contribution is -0.120. The highest BCUT2D eigenvalue weighted by Crippen LogP contribution is 2.29. The average molecular weight is 341 g/mol. The monoisotopic (exact) mass is 340 g/mol. The molecule has 2 atom stereocenters. The lowest BCUT2D eigenvalue weighted by Gasteiger charge is -2.30. The van der Waals surface area contributed by atoms with E-state index in [4.69, 9.17) is 11.6 Å². The molecule has 122 valence electrons. The summed E-state index contributed by atoms with van der Waals surface area (Å²) in [5.74, 6) is 0.856. The van der Waals surface area contributed by atoms with Gasteiger partial charge in [-0.1, -0.05) is 30.7 Å². The Morgan fingerprint density at radius 2 is 2.27 bits per heavy atom. The molecule has 5 heteroatoms. The van der Waals surface area contributed by atoms with Crippen LogP contribution >= 0.6 is 23.4 Å². The molecule has 0 bridgehead atoms. The first kappa shape index (κ1) is 17.6. The molecule has 1 aromatic rings. The van der Waals surface area contributed by atoms with Crippen LogP contribution in [0, 0.1) is 5.92 Å². The molecule has 1 amide bonds. The predicted octanol–water partition coefficient (Wildman–Crippen LogP) is 3.67. The third kappa shape index (κ3) is 5.49. The van der Waals surface area contributed by atoms with E-state index in [1.807, 2.05) is 31.2 Å². The smallest absolute Gasteiger partial charge is 0.233 e. The lowest BCUT2D eigenvalue weighted by Crippen LogP contribution is -2.41. The summed E-state index contributed by atoms with van der Waals surface area (Å²) in [4.78, 5) is 15.6. The van der Waals surface area contributed by atoms with E-state index in [2.05, 4.69) is 17.1 Å². The fraction of sp³-hybridized carbons (Fsp3) is 0.588. The Bertz CT molecular complexity index is 497. The fourth-order valence-corrected chi connectivity index (χ4v) is 3.93. The van der Waals surface area contributed by atoms with Crippen molar-refractivity contribution in [1.29, 1.82) is 0 Å². The Hall–Kier alpha value is -0.710. The van der Waals surface area contributed by atoms with Gasteiger partial charge in [0, 0.05) is 24.5 Å². The molecule has 22 heavy (non-hydrogen) atoms. The number of nitrogens with one attached hydrogen (secondary N) is 1. The van der Waals surface area contributed by atoms with Crippen molar-refractivity contribution in [2.45, 2.75) is 36.8 Å². The number of nitrogens with zero attached hydrogens (tertiary/aromatic N) is 1. The first-order valence-electron chi connectivity index (χ1n) is 7.97. The molecule has 0 aromatic heterocycles. The summed E-state index contributed by atoms with van der Waals surface area (Å²) in [7, 11) is 0. The van der Waals surface area contributed by atoms with Gasteiger partial charge in [-0.2, -0.15) is 0 Å². The number of likely N-dealkylation sites (tertiary alicyclic amines) is 1. The van der Waals surface area contributed by atoms with Gasteiger partial charge in [-0.25, -0.2) is 0 Å². The summed E-state index contributed by atoms with van der Waals surface area (Å²) in [6.07, 6.45) is 2.60. The van der Waals surface area contributed by atoms with Crippen molar-refractivity contribution in [2.75, 3.05) is 26.2 Å². The SMILES string of the molecule is CC1CCCN(CCNC(=O)C(C)Sc2ccccc2Cl)C1. The van der Waals surface area contributed by atoms with Crippen molar-refractivity contribution in [3.8, 4) is 0 Å². The Morgan fingerprint density at radius 1 is 1.50 bits per heavy atom. The van der Waals surface area contributed by atoms with E-state index in [-0.39, 0.29) is 11.2 Å². The molecule has 0 saturated carbocycles. The van der Waals surface area contributed by atoms with E-state index in [9.17, 15) is 4.79 Å². The van der Waals surface area contributed by atoms with E-state index < -0.39 is 0 Å². The summed E-state index contributed by atoms with van der Waals surface area (Å²) in [5, 5.41) is 3.60. The van der Waals surface area contributed by atoms with Crippen molar-refractivity contribution in [1.82, 2.24) is 10.2 Å². The topological polar surface area (TPSA) is 32.3 Å². The van der Waals surface area contributed by atoms with E-state index >= 15 is 0 Å². The molecule has 1 aromatic carbocycles. The lowest BCUT2D eigenvalue weighted by atomic mass is 10.0. The molecule has 1 fully saturated rings. The van der Waals surface area contributed by atoms with Gasteiger partial charge in [-0.3, -0.25) is 4.79 Å². The van der Waals surface area contributed by atoms with Crippen molar-refractivity contribution in [2.24, 2.45) is 5.92 Å². The summed E-state index contributed by atoms with van der Waals surface area (Å²) >= 11 is 7.64. The van der Waals surface area contributed by atoms with Crippen LogP contribution in [0.15, 0.2) is 29.2 Å². The number of amides is 1. The highest BCUT2D eigenvalue weighted by atomic mass is 35.5. The molecule has 0 aliphatic carbocycles. The van der Waals surface area contributed by atoms with Crippen LogP contribution < -0.4 is 5.32 Å². The second-order valence-electron chi connectivity index (χ2n) is 6.03. The van der Waals surface area contributed by atoms with Crippen LogP contribution in [0.4, 0.5) is 0 Å². The van der Waals surface area contributed by atoms with Gasteiger partial charge in [0.1, 0.15) is 0 Å². The number of hydrogen-bond acceptors (Lipinski definition) is 3. The molecule has 2 rings (SSSR count). The maximum atomic E-state index is 12.2. The fourth-order valence-electron chi connectivity index (χ4n) is 2.76. The number of hydrogen-bond donors (Lipinski definition) is 1. The van der Waals surface area contributed by atoms with Crippen LogP contribution in [-0.2, 0) is 4.79 Å². The minimum atomic E-state index is -0.139. The van der Waals surface area contributed by atoms with Gasteiger partial charge in [0.2, 0.25) is 5.91 Å². The molecular weight excluding hydrogens is 316 g/mol. The number of rotatable bonds is 6. The van der Waals surface area contributed by atoms with Crippen LogP contribution in [-0.4, -0.2) is 42.2 Å². The molecular formula is C17H25ClN2OS. The third-order valence-corrected chi connectivity index (χ3v) is 5.60. The zero-order chi connectivity index (χ0) is 15.9. The van der Waals surface area contributed by atoms with Crippen molar-refractivity contribution in [3.05, 3.63) is 29.3 Å². The molecule has 1 aliphatic rings. The largest absolute Gasteiger partial charge is 0.354 e. The molecule has 1 aliphatic heterocycles. The number of carbonyl (C=O) groups is 1. The normalized spacial score (nSPS) is 20.6. The van der Waals surface area contributed by atoms with Crippen LogP contribution in [0.1, 0.15) is 26.7 Å². The van der Waals surface area contributed by atoms with Gasteiger partial charge in [0.25, 0.3) is 0 Å². The molecule has 1 heterocycles. The first-order chi connectivity index (χ1) is 10.6. The van der Waals surface area contributed by atoms with Gasteiger partial charge in [-0.15, -0.1) is 11.8 Å². The van der Waals surface area contributed by atoms with Crippen molar-refractivity contribution >= 4 is 29.3 Å². The second-order valence-corrected chi connectivity index (χ2v) is 7.82. The van der Waals surface area contributed by atoms with Gasteiger partial charge in [0.15, 0.2) is 0 Å². The molecule has 3 nitrogen and oxygen atoms in total. The third-order valence-electron chi connectivity index (χ3n) is 3.98. The number of piperidine rings is 1. The zero-order valence-electron chi connectivity index (χ0n) is 13.3. The standard InChI is InChI=1S/C17H25ClN2OS/c1-13-6-5-10-20(12-13)11-9-19-17(21)14(2)22-16-8-4-3-7-15(16)18/h3-4,7-8,13-14H,5-6,9-12H2,1-2H3,(H,19,21). The highest BCUT2D eigenvalue weighted by Gasteiger charge is 2.18. The molecule has 2 unspecified atom stereocenters. The van der Waals surface area contributed by atoms with E-state index in [0.717, 1.165) is 37.0 Å². The molecule has 1 N–H and O–H groups in total. The summed E-state index contributed by atoms with van der Waals surface area (Å²) in [6.45, 7) is 8.20. The predicted molar refractivity (Wildman–Crippen MR) is 94.6 cm³/mol. The Balaban J connectivity index is 1.71. The van der Waals surface area contributed by atoms with Crippen molar-refractivity contribution in [3.63, 3.8) is 0 Å². The second kappa shape index (κ2) is 8.80. The van der Waals surface area contributed by atoms with E-state index in [0.29, 0.717) is 5.02 Å². The quantitative estimate of drug-likeness (QED) is 0.802. The van der Waals surface area contributed by atoms with E-state index in [1.54, 1.807) is 0 Å². The van der Waals surface area contributed by atoms with Crippen LogP contribution in [0.2, 0.25) is 5.02 Å². The zero-order valence-corrected chi connectivity index (χ0v) is 14.9. The van der Waals surface area contributed by atoms with Crippen LogP contribution in [0.5, 0.6) is 0 Å². The minimum absolute atomic E-state index is 0.0787. The molecule has 1 saturated heterocycles. The molecule has 0 spiro atoms. The van der Waals surface area contributed by atoms with Crippen molar-refractivity contribution < 1.29 is 4.79 Å². The minimum Gasteiger partial charge on any atom is -0.354 e. The van der Waals surface area contributed by atoms with Gasteiger partial charge >= 0.3 is 0 Å². The number of benzene rings is 1. The summed E-state index contributed by atoms with van der Waals surface area (Å²) in [6, 6.07) is 7.64. The number of halogens is 1. The molecule has 0 radical (unpaired) electrons.